The Morgan fingerprint density at radius 2 is 2.05 bits per heavy atom. The number of hydrogen-bond donors (Lipinski definition) is 2. The van der Waals surface area contributed by atoms with E-state index in [1.54, 1.807) is 0 Å². The third kappa shape index (κ3) is 3.31. The van der Waals surface area contributed by atoms with Gasteiger partial charge in [0.05, 0.1) is 0 Å². The number of aryl methyl sites for hydroxylation is 1. The van der Waals surface area contributed by atoms with Crippen LogP contribution in [-0.2, 0) is 6.54 Å². The number of hydrogen-bond acceptors (Lipinski definition) is 2. The van der Waals surface area contributed by atoms with Crippen LogP contribution < -0.4 is 11.1 Å². The van der Waals surface area contributed by atoms with E-state index in [1.807, 2.05) is 31.2 Å². The molecule has 3 nitrogen and oxygen atoms in total. The molecule has 0 fully saturated rings. The van der Waals surface area contributed by atoms with Crippen LogP contribution in [0.4, 0.5) is 10.1 Å². The van der Waals surface area contributed by atoms with E-state index in [1.165, 1.54) is 18.2 Å². The minimum absolute atomic E-state index is 0.302. The average molecular weight is 258 g/mol. The molecule has 0 bridgehead atoms. The largest absolute Gasteiger partial charge is 0.381 e. The summed E-state index contributed by atoms with van der Waals surface area (Å²) >= 11 is 0. The summed E-state index contributed by atoms with van der Waals surface area (Å²) in [6, 6.07) is 11.9. The van der Waals surface area contributed by atoms with Crippen molar-refractivity contribution < 1.29 is 9.18 Å². The summed E-state index contributed by atoms with van der Waals surface area (Å²) in [6.45, 7) is 2.29. The second-order valence-corrected chi connectivity index (χ2v) is 4.39. The third-order valence-electron chi connectivity index (χ3n) is 2.83. The average Bonchev–Trinajstić information content (AvgIpc) is 2.37. The topological polar surface area (TPSA) is 55.1 Å². The number of carbonyl (C=O) groups excluding carboxylic acids is 1. The van der Waals surface area contributed by atoms with Gasteiger partial charge in [-0.3, -0.25) is 4.79 Å². The molecule has 0 aromatic heterocycles. The molecule has 98 valence electrons. The first kappa shape index (κ1) is 13.1. The summed E-state index contributed by atoms with van der Waals surface area (Å²) in [4.78, 5) is 11.1. The SMILES string of the molecule is Cc1cccc(NCc2cc(C(N)=O)ccc2F)c1. The first-order chi connectivity index (χ1) is 9.06. The van der Waals surface area contributed by atoms with Crippen LogP contribution in [0.2, 0.25) is 0 Å². The third-order valence-corrected chi connectivity index (χ3v) is 2.83. The number of primary amides is 1. The quantitative estimate of drug-likeness (QED) is 0.886. The van der Waals surface area contributed by atoms with E-state index >= 15 is 0 Å². The molecule has 0 saturated heterocycles. The van der Waals surface area contributed by atoms with Gasteiger partial charge in [0.2, 0.25) is 5.91 Å². The highest BCUT2D eigenvalue weighted by Gasteiger charge is 2.07. The fraction of sp³-hybridized carbons (Fsp3) is 0.133. The number of benzene rings is 2. The van der Waals surface area contributed by atoms with Gasteiger partial charge >= 0.3 is 0 Å². The Kier molecular flexibility index (Phi) is 3.80. The number of nitrogens with one attached hydrogen (secondary N) is 1. The highest BCUT2D eigenvalue weighted by atomic mass is 19.1. The van der Waals surface area contributed by atoms with Crippen LogP contribution in [0.5, 0.6) is 0 Å². The van der Waals surface area contributed by atoms with Gasteiger partial charge in [-0.25, -0.2) is 4.39 Å². The Hall–Kier alpha value is -2.36. The predicted molar refractivity (Wildman–Crippen MR) is 73.4 cm³/mol. The highest BCUT2D eigenvalue weighted by molar-refractivity contribution is 5.92. The predicted octanol–water partition coefficient (Wildman–Crippen LogP) is 2.85. The van der Waals surface area contributed by atoms with Gasteiger partial charge in [-0.2, -0.15) is 0 Å². The fourth-order valence-corrected chi connectivity index (χ4v) is 1.82. The van der Waals surface area contributed by atoms with Gasteiger partial charge in [-0.05, 0) is 42.8 Å². The van der Waals surface area contributed by atoms with Gasteiger partial charge in [0.15, 0.2) is 0 Å². The van der Waals surface area contributed by atoms with Crippen LogP contribution in [-0.4, -0.2) is 5.91 Å². The van der Waals surface area contributed by atoms with E-state index in [0.717, 1.165) is 11.3 Å². The second kappa shape index (κ2) is 5.52. The zero-order valence-electron chi connectivity index (χ0n) is 10.6. The van der Waals surface area contributed by atoms with E-state index in [0.29, 0.717) is 17.7 Å². The molecule has 0 saturated carbocycles. The van der Waals surface area contributed by atoms with E-state index < -0.39 is 5.91 Å². The Morgan fingerprint density at radius 3 is 2.74 bits per heavy atom. The molecule has 0 aliphatic heterocycles. The lowest BCUT2D eigenvalue weighted by Gasteiger charge is -2.09. The van der Waals surface area contributed by atoms with E-state index in [2.05, 4.69) is 5.32 Å². The Bertz CT molecular complexity index is 611. The first-order valence-corrected chi connectivity index (χ1v) is 5.95. The van der Waals surface area contributed by atoms with E-state index in [9.17, 15) is 9.18 Å². The van der Waals surface area contributed by atoms with Crippen LogP contribution >= 0.6 is 0 Å². The molecular weight excluding hydrogens is 243 g/mol. The highest BCUT2D eigenvalue weighted by Crippen LogP contribution is 2.14. The van der Waals surface area contributed by atoms with Crippen molar-refractivity contribution in [2.45, 2.75) is 13.5 Å². The number of carbonyl (C=O) groups is 1. The molecule has 0 aliphatic rings. The van der Waals surface area contributed by atoms with Gasteiger partial charge in [0.1, 0.15) is 5.82 Å². The van der Waals surface area contributed by atoms with Crippen molar-refractivity contribution >= 4 is 11.6 Å². The molecule has 0 aliphatic carbocycles. The first-order valence-electron chi connectivity index (χ1n) is 5.95. The maximum atomic E-state index is 13.6. The molecule has 0 unspecified atom stereocenters. The van der Waals surface area contributed by atoms with Crippen molar-refractivity contribution in [1.29, 1.82) is 0 Å². The minimum Gasteiger partial charge on any atom is -0.381 e. The number of rotatable bonds is 4. The normalized spacial score (nSPS) is 10.2. The molecule has 4 heteroatoms. The maximum absolute atomic E-state index is 13.6. The van der Waals surface area contributed by atoms with Crippen molar-refractivity contribution in [3.63, 3.8) is 0 Å². The lowest BCUT2D eigenvalue weighted by atomic mass is 10.1. The molecule has 0 spiro atoms. The molecule has 2 aromatic rings. The Morgan fingerprint density at radius 1 is 1.26 bits per heavy atom. The molecule has 0 atom stereocenters. The Labute approximate surface area is 111 Å². The van der Waals surface area contributed by atoms with Crippen LogP contribution in [0.25, 0.3) is 0 Å². The van der Waals surface area contributed by atoms with Gasteiger partial charge in [-0.1, -0.05) is 12.1 Å². The zero-order chi connectivity index (χ0) is 13.8. The number of anilines is 1. The van der Waals surface area contributed by atoms with Crippen molar-refractivity contribution in [3.8, 4) is 0 Å². The van der Waals surface area contributed by atoms with Gasteiger partial charge in [0, 0.05) is 23.4 Å². The van der Waals surface area contributed by atoms with Crippen molar-refractivity contribution in [2.24, 2.45) is 5.73 Å². The number of amides is 1. The summed E-state index contributed by atoms with van der Waals surface area (Å²) in [6.07, 6.45) is 0. The monoisotopic (exact) mass is 258 g/mol. The van der Waals surface area contributed by atoms with Crippen LogP contribution in [0.1, 0.15) is 21.5 Å². The molecule has 1 amide bonds. The zero-order valence-corrected chi connectivity index (χ0v) is 10.6. The van der Waals surface area contributed by atoms with Crippen LogP contribution in [0.3, 0.4) is 0 Å². The van der Waals surface area contributed by atoms with Crippen molar-refractivity contribution in [3.05, 3.63) is 65.0 Å². The summed E-state index contributed by atoms with van der Waals surface area (Å²) in [5.41, 5.74) is 7.93. The lowest BCUT2D eigenvalue weighted by Crippen LogP contribution is -2.12. The van der Waals surface area contributed by atoms with Crippen molar-refractivity contribution in [2.75, 3.05) is 5.32 Å². The number of halogens is 1. The second-order valence-electron chi connectivity index (χ2n) is 4.39. The van der Waals surface area contributed by atoms with Crippen molar-refractivity contribution in [1.82, 2.24) is 0 Å². The molecule has 2 aromatic carbocycles. The smallest absolute Gasteiger partial charge is 0.248 e. The minimum atomic E-state index is -0.559. The van der Waals surface area contributed by atoms with E-state index in [4.69, 9.17) is 5.73 Å². The molecule has 19 heavy (non-hydrogen) atoms. The standard InChI is InChI=1S/C15H15FN2O/c1-10-3-2-4-13(7-10)18-9-12-8-11(15(17)19)5-6-14(12)16/h2-8,18H,9H2,1H3,(H2,17,19). The lowest BCUT2D eigenvalue weighted by molar-refractivity contribution is 0.1000. The molecule has 0 radical (unpaired) electrons. The van der Waals surface area contributed by atoms with Crippen LogP contribution in [0, 0.1) is 12.7 Å². The summed E-state index contributed by atoms with van der Waals surface area (Å²) < 4.78 is 13.6. The molecule has 0 heterocycles. The molecular formula is C15H15FN2O. The molecule has 3 N–H and O–H groups in total. The molecule has 2 rings (SSSR count). The van der Waals surface area contributed by atoms with Gasteiger partial charge < -0.3 is 11.1 Å². The van der Waals surface area contributed by atoms with Gasteiger partial charge in [-0.15, -0.1) is 0 Å². The summed E-state index contributed by atoms with van der Waals surface area (Å²) in [7, 11) is 0. The van der Waals surface area contributed by atoms with E-state index in [-0.39, 0.29) is 5.82 Å². The number of nitrogens with two attached hydrogens (primary N) is 1. The van der Waals surface area contributed by atoms with Gasteiger partial charge in [0.25, 0.3) is 0 Å². The summed E-state index contributed by atoms with van der Waals surface area (Å²) in [5, 5.41) is 3.12. The fourth-order valence-electron chi connectivity index (χ4n) is 1.82. The van der Waals surface area contributed by atoms with Crippen LogP contribution in [0.15, 0.2) is 42.5 Å². The summed E-state index contributed by atoms with van der Waals surface area (Å²) in [5.74, 6) is -0.915. The Balaban J connectivity index is 2.15. The maximum Gasteiger partial charge on any atom is 0.248 e.